The summed E-state index contributed by atoms with van der Waals surface area (Å²) in [4.78, 5) is 8.98. The van der Waals surface area contributed by atoms with Gasteiger partial charge in [-0.25, -0.2) is 0 Å². The van der Waals surface area contributed by atoms with E-state index in [1.807, 2.05) is 20.0 Å². The van der Waals surface area contributed by atoms with Gasteiger partial charge in [0.25, 0.3) is 0 Å². The maximum Gasteiger partial charge on any atom is 0.0634 e. The van der Waals surface area contributed by atoms with Gasteiger partial charge in [-0.3, -0.25) is 9.97 Å². The van der Waals surface area contributed by atoms with E-state index in [2.05, 4.69) is 36.1 Å². The second kappa shape index (κ2) is 6.70. The highest BCUT2D eigenvalue weighted by Crippen LogP contribution is 2.12. The van der Waals surface area contributed by atoms with Crippen molar-refractivity contribution in [1.82, 2.24) is 15.3 Å². The Morgan fingerprint density at radius 3 is 2.59 bits per heavy atom. The van der Waals surface area contributed by atoms with Crippen molar-refractivity contribution in [3.05, 3.63) is 23.3 Å². The lowest BCUT2D eigenvalue weighted by atomic mass is 9.99. The molecule has 0 aromatic carbocycles. The molecule has 0 bridgehead atoms. The second-order valence-electron chi connectivity index (χ2n) is 5.13. The van der Waals surface area contributed by atoms with Gasteiger partial charge in [0, 0.05) is 18.7 Å². The van der Waals surface area contributed by atoms with E-state index in [1.54, 1.807) is 0 Å². The van der Waals surface area contributed by atoms with Gasteiger partial charge in [-0.1, -0.05) is 20.8 Å². The summed E-state index contributed by atoms with van der Waals surface area (Å²) in [5.41, 5.74) is 3.20. The fraction of sp³-hybridized carbons (Fsp3) is 0.714. The third-order valence-electron chi connectivity index (χ3n) is 2.86. The molecule has 1 aromatic rings. The molecule has 0 spiro atoms. The van der Waals surface area contributed by atoms with Crippen molar-refractivity contribution < 1.29 is 0 Å². The van der Waals surface area contributed by atoms with E-state index in [9.17, 15) is 0 Å². The number of nitrogens with zero attached hydrogens (tertiary/aromatic N) is 2. The largest absolute Gasteiger partial charge is 0.314 e. The molecular formula is C14H25N3. The summed E-state index contributed by atoms with van der Waals surface area (Å²) < 4.78 is 0. The third-order valence-corrected chi connectivity index (χ3v) is 2.86. The molecule has 1 unspecified atom stereocenters. The Balaban J connectivity index is 2.74. The molecule has 3 heteroatoms. The van der Waals surface area contributed by atoms with Crippen molar-refractivity contribution in [2.45, 2.75) is 53.5 Å². The maximum absolute atomic E-state index is 4.60. The Hall–Kier alpha value is -0.960. The zero-order valence-electron chi connectivity index (χ0n) is 11.7. The van der Waals surface area contributed by atoms with Crippen LogP contribution in [0.2, 0.25) is 0 Å². The van der Waals surface area contributed by atoms with Crippen LogP contribution < -0.4 is 5.32 Å². The van der Waals surface area contributed by atoms with Gasteiger partial charge in [0.2, 0.25) is 0 Å². The molecule has 1 N–H and O–H groups in total. The minimum absolute atomic E-state index is 0.509. The van der Waals surface area contributed by atoms with Gasteiger partial charge in [-0.05, 0) is 32.7 Å². The van der Waals surface area contributed by atoms with Crippen molar-refractivity contribution in [2.24, 2.45) is 5.92 Å². The fourth-order valence-electron chi connectivity index (χ4n) is 2.11. The first kappa shape index (κ1) is 14.1. The zero-order valence-corrected chi connectivity index (χ0v) is 11.7. The first-order chi connectivity index (χ1) is 8.02. The van der Waals surface area contributed by atoms with Gasteiger partial charge in [0.1, 0.15) is 0 Å². The molecule has 96 valence electrons. The molecule has 1 heterocycles. The lowest BCUT2D eigenvalue weighted by molar-refractivity contribution is 0.420. The number of hydrogen-bond donors (Lipinski definition) is 1. The van der Waals surface area contributed by atoms with Crippen LogP contribution in [0.25, 0.3) is 0 Å². The van der Waals surface area contributed by atoms with Crippen LogP contribution in [0.5, 0.6) is 0 Å². The molecular weight excluding hydrogens is 210 g/mol. The molecule has 1 atom stereocenters. The van der Waals surface area contributed by atoms with E-state index in [-0.39, 0.29) is 0 Å². The highest BCUT2D eigenvalue weighted by Gasteiger charge is 2.13. The first-order valence-electron chi connectivity index (χ1n) is 6.55. The first-order valence-corrected chi connectivity index (χ1v) is 6.55. The van der Waals surface area contributed by atoms with Gasteiger partial charge < -0.3 is 5.32 Å². The molecule has 0 radical (unpaired) electrons. The monoisotopic (exact) mass is 235 g/mol. The van der Waals surface area contributed by atoms with Crippen LogP contribution in [0.3, 0.4) is 0 Å². The quantitative estimate of drug-likeness (QED) is 0.823. The normalized spacial score (nSPS) is 13.1. The molecule has 0 saturated heterocycles. The minimum atomic E-state index is 0.509. The molecule has 1 aromatic heterocycles. The van der Waals surface area contributed by atoms with Crippen molar-refractivity contribution in [2.75, 3.05) is 6.54 Å². The molecule has 0 aliphatic carbocycles. The Morgan fingerprint density at radius 2 is 2.00 bits per heavy atom. The summed E-state index contributed by atoms with van der Waals surface area (Å²) in [6, 6.07) is 0.509. The fourth-order valence-corrected chi connectivity index (χ4v) is 2.11. The molecule has 0 aliphatic heterocycles. The predicted octanol–water partition coefficient (Wildman–Crippen LogP) is 2.66. The summed E-state index contributed by atoms with van der Waals surface area (Å²) in [6.07, 6.45) is 4.00. The van der Waals surface area contributed by atoms with Gasteiger partial charge >= 0.3 is 0 Å². The molecule has 1 rings (SSSR count). The van der Waals surface area contributed by atoms with Crippen molar-refractivity contribution >= 4 is 0 Å². The molecule has 0 saturated carbocycles. The van der Waals surface area contributed by atoms with Crippen LogP contribution >= 0.6 is 0 Å². The van der Waals surface area contributed by atoms with E-state index in [0.717, 1.165) is 30.0 Å². The lowest BCUT2D eigenvalue weighted by Crippen LogP contribution is -2.33. The van der Waals surface area contributed by atoms with E-state index >= 15 is 0 Å². The van der Waals surface area contributed by atoms with Crippen LogP contribution in [0, 0.1) is 19.8 Å². The molecule has 0 amide bonds. The zero-order chi connectivity index (χ0) is 12.8. The Kier molecular flexibility index (Phi) is 5.56. The summed E-state index contributed by atoms with van der Waals surface area (Å²) in [6.45, 7) is 11.7. The van der Waals surface area contributed by atoms with Crippen molar-refractivity contribution in [1.29, 1.82) is 0 Å². The van der Waals surface area contributed by atoms with Crippen LogP contribution in [0.1, 0.15) is 44.3 Å². The van der Waals surface area contributed by atoms with Crippen LogP contribution in [-0.2, 0) is 6.42 Å². The topological polar surface area (TPSA) is 37.8 Å². The Labute approximate surface area is 105 Å². The van der Waals surface area contributed by atoms with Gasteiger partial charge in [-0.15, -0.1) is 0 Å². The summed E-state index contributed by atoms with van der Waals surface area (Å²) in [5, 5.41) is 3.54. The number of rotatable bonds is 6. The third kappa shape index (κ3) is 4.82. The molecule has 0 fully saturated rings. The number of aryl methyl sites for hydroxylation is 2. The van der Waals surface area contributed by atoms with E-state index in [0.29, 0.717) is 12.0 Å². The van der Waals surface area contributed by atoms with Gasteiger partial charge in [0.15, 0.2) is 0 Å². The predicted molar refractivity (Wildman–Crippen MR) is 72.1 cm³/mol. The molecule has 0 aliphatic rings. The van der Waals surface area contributed by atoms with Gasteiger partial charge in [0.05, 0.1) is 17.1 Å². The van der Waals surface area contributed by atoms with E-state index in [4.69, 9.17) is 0 Å². The van der Waals surface area contributed by atoms with Crippen molar-refractivity contribution in [3.63, 3.8) is 0 Å². The average Bonchev–Trinajstić information content (AvgIpc) is 2.23. The minimum Gasteiger partial charge on any atom is -0.314 e. The number of aromatic nitrogens is 2. The average molecular weight is 235 g/mol. The SMILES string of the molecule is CCNC(Cc1nc(C)cnc1C)CC(C)C. The molecule has 17 heavy (non-hydrogen) atoms. The van der Waals surface area contributed by atoms with Crippen molar-refractivity contribution in [3.8, 4) is 0 Å². The number of hydrogen-bond acceptors (Lipinski definition) is 3. The lowest BCUT2D eigenvalue weighted by Gasteiger charge is -2.20. The van der Waals surface area contributed by atoms with Crippen LogP contribution in [0.4, 0.5) is 0 Å². The smallest absolute Gasteiger partial charge is 0.0634 e. The summed E-state index contributed by atoms with van der Waals surface area (Å²) in [5.74, 6) is 0.706. The van der Waals surface area contributed by atoms with Gasteiger partial charge in [-0.2, -0.15) is 0 Å². The van der Waals surface area contributed by atoms with E-state index < -0.39 is 0 Å². The van der Waals surface area contributed by atoms with E-state index in [1.165, 1.54) is 6.42 Å². The highest BCUT2D eigenvalue weighted by atomic mass is 14.9. The summed E-state index contributed by atoms with van der Waals surface area (Å²) >= 11 is 0. The summed E-state index contributed by atoms with van der Waals surface area (Å²) in [7, 11) is 0. The maximum atomic E-state index is 4.60. The number of nitrogens with one attached hydrogen (secondary N) is 1. The molecule has 3 nitrogen and oxygen atoms in total. The number of likely N-dealkylation sites (N-methyl/N-ethyl adjacent to an activating group) is 1. The standard InChI is InChI=1S/C14H25N3/c1-6-15-13(7-10(2)3)8-14-12(5)16-9-11(4)17-14/h9-10,13,15H,6-8H2,1-5H3. The Bertz CT molecular complexity index is 347. The Morgan fingerprint density at radius 1 is 1.29 bits per heavy atom. The highest BCUT2D eigenvalue weighted by molar-refractivity contribution is 5.13. The van der Waals surface area contributed by atoms with Crippen LogP contribution in [0.15, 0.2) is 6.20 Å². The second-order valence-corrected chi connectivity index (χ2v) is 5.13. The van der Waals surface area contributed by atoms with Crippen LogP contribution in [-0.4, -0.2) is 22.6 Å².